The molecular weight excluding hydrogens is 274 g/mol. The van der Waals surface area contributed by atoms with Crippen molar-refractivity contribution in [3.8, 4) is 0 Å². The fraction of sp³-hybridized carbons (Fsp3) is 0.438. The van der Waals surface area contributed by atoms with E-state index in [9.17, 15) is 9.90 Å². The fourth-order valence-corrected chi connectivity index (χ4v) is 2.71. The van der Waals surface area contributed by atoms with Crippen LogP contribution in [0.15, 0.2) is 24.4 Å². The molecule has 3 nitrogen and oxygen atoms in total. The lowest BCUT2D eigenvalue weighted by molar-refractivity contribution is -0.146. The number of halogens is 1. The van der Waals surface area contributed by atoms with Crippen molar-refractivity contribution in [1.82, 2.24) is 4.57 Å². The molecular formula is C16H20ClNO2. The number of aromatic nitrogens is 1. The number of benzene rings is 1. The Kier molecular flexibility index (Phi) is 3.83. The summed E-state index contributed by atoms with van der Waals surface area (Å²) in [5.74, 6) is -0.787. The third-order valence-corrected chi connectivity index (χ3v) is 3.96. The maximum absolute atomic E-state index is 11.3. The molecule has 0 spiro atoms. The number of para-hydroxylation sites is 1. The number of hydrogen-bond acceptors (Lipinski definition) is 1. The average molecular weight is 294 g/mol. The molecule has 0 saturated carbocycles. The number of rotatable bonds is 4. The van der Waals surface area contributed by atoms with Gasteiger partial charge >= 0.3 is 5.97 Å². The monoisotopic (exact) mass is 293 g/mol. The van der Waals surface area contributed by atoms with Crippen LogP contribution in [0.2, 0.25) is 5.02 Å². The second-order valence-corrected chi connectivity index (χ2v) is 6.56. The molecule has 1 aromatic carbocycles. The number of aliphatic carboxylic acids is 1. The van der Waals surface area contributed by atoms with Crippen LogP contribution < -0.4 is 0 Å². The molecule has 108 valence electrons. The van der Waals surface area contributed by atoms with Crippen LogP contribution in [-0.4, -0.2) is 15.6 Å². The van der Waals surface area contributed by atoms with E-state index in [-0.39, 0.29) is 6.04 Å². The number of hydrogen-bond donors (Lipinski definition) is 1. The topological polar surface area (TPSA) is 42.2 Å². The highest BCUT2D eigenvalue weighted by molar-refractivity contribution is 6.35. The summed E-state index contributed by atoms with van der Waals surface area (Å²) in [5.41, 5.74) is 1.22. The van der Waals surface area contributed by atoms with Gasteiger partial charge in [-0.25, -0.2) is 0 Å². The summed E-state index contributed by atoms with van der Waals surface area (Å²) in [6.45, 7) is 7.68. The van der Waals surface area contributed by atoms with Crippen LogP contribution in [-0.2, 0) is 11.2 Å². The summed E-state index contributed by atoms with van der Waals surface area (Å²) in [7, 11) is 0. The summed E-state index contributed by atoms with van der Waals surface area (Å²) in [5, 5.41) is 11.1. The fourth-order valence-electron chi connectivity index (χ4n) is 2.44. The smallest absolute Gasteiger partial charge is 0.309 e. The molecule has 20 heavy (non-hydrogen) atoms. The molecule has 0 radical (unpaired) electrons. The highest BCUT2D eigenvalue weighted by Gasteiger charge is 2.29. The van der Waals surface area contributed by atoms with Crippen molar-refractivity contribution in [2.75, 3.05) is 0 Å². The van der Waals surface area contributed by atoms with Gasteiger partial charge < -0.3 is 9.67 Å². The van der Waals surface area contributed by atoms with Crippen molar-refractivity contribution in [2.24, 2.45) is 5.41 Å². The molecule has 2 rings (SSSR count). The Hall–Kier alpha value is -1.48. The lowest BCUT2D eigenvalue weighted by atomic mass is 9.86. The van der Waals surface area contributed by atoms with Crippen LogP contribution in [0.4, 0.5) is 0 Å². The van der Waals surface area contributed by atoms with Gasteiger partial charge in [0.15, 0.2) is 0 Å². The number of nitrogens with zero attached hydrogens (tertiary/aromatic N) is 1. The first-order chi connectivity index (χ1) is 9.24. The van der Waals surface area contributed by atoms with Crippen molar-refractivity contribution in [3.63, 3.8) is 0 Å². The van der Waals surface area contributed by atoms with E-state index in [1.165, 1.54) is 0 Å². The maximum Gasteiger partial charge on any atom is 0.309 e. The predicted octanol–water partition coefficient (Wildman–Crippen LogP) is 4.53. The van der Waals surface area contributed by atoms with Gasteiger partial charge in [0.2, 0.25) is 0 Å². The largest absolute Gasteiger partial charge is 0.481 e. The first kappa shape index (κ1) is 14.9. The molecule has 0 aliphatic heterocycles. The van der Waals surface area contributed by atoms with Crippen molar-refractivity contribution in [3.05, 3.63) is 35.0 Å². The summed E-state index contributed by atoms with van der Waals surface area (Å²) in [6.07, 6.45) is 2.52. The molecule has 0 aliphatic rings. The molecule has 0 saturated heterocycles. The minimum Gasteiger partial charge on any atom is -0.481 e. The van der Waals surface area contributed by atoms with E-state index in [1.807, 2.05) is 24.4 Å². The van der Waals surface area contributed by atoms with Crippen LogP contribution in [0, 0.1) is 5.41 Å². The standard InChI is InChI=1S/C16H20ClNO2/c1-10(2)18-9-11(8-16(3,4)15(19)20)12-6-5-7-13(17)14(12)18/h5-7,9-10H,8H2,1-4H3,(H,19,20). The Morgan fingerprint density at radius 1 is 1.40 bits per heavy atom. The summed E-state index contributed by atoms with van der Waals surface area (Å²) in [6, 6.07) is 6.06. The minimum absolute atomic E-state index is 0.277. The highest BCUT2D eigenvalue weighted by atomic mass is 35.5. The third kappa shape index (κ3) is 2.55. The number of carboxylic acid groups (broad SMARTS) is 1. The van der Waals surface area contributed by atoms with Gasteiger partial charge in [-0.15, -0.1) is 0 Å². The summed E-state index contributed by atoms with van der Waals surface area (Å²) < 4.78 is 2.12. The Morgan fingerprint density at radius 2 is 2.05 bits per heavy atom. The van der Waals surface area contributed by atoms with Gasteiger partial charge in [-0.1, -0.05) is 23.7 Å². The van der Waals surface area contributed by atoms with Crippen molar-refractivity contribution < 1.29 is 9.90 Å². The zero-order chi connectivity index (χ0) is 15.1. The van der Waals surface area contributed by atoms with E-state index in [0.29, 0.717) is 11.4 Å². The molecule has 1 aromatic heterocycles. The zero-order valence-electron chi connectivity index (χ0n) is 12.3. The highest BCUT2D eigenvalue weighted by Crippen LogP contribution is 2.34. The molecule has 0 unspecified atom stereocenters. The first-order valence-electron chi connectivity index (χ1n) is 6.75. The Bertz CT molecular complexity index is 656. The van der Waals surface area contributed by atoms with Crippen LogP contribution >= 0.6 is 11.6 Å². The number of carbonyl (C=O) groups is 1. The molecule has 0 amide bonds. The van der Waals surface area contributed by atoms with E-state index < -0.39 is 11.4 Å². The lowest BCUT2D eigenvalue weighted by Gasteiger charge is -2.18. The van der Waals surface area contributed by atoms with Gasteiger partial charge in [0, 0.05) is 17.6 Å². The summed E-state index contributed by atoms with van der Waals surface area (Å²) in [4.78, 5) is 11.3. The Balaban J connectivity index is 2.61. The molecule has 1 N–H and O–H groups in total. The van der Waals surface area contributed by atoms with Crippen LogP contribution in [0.1, 0.15) is 39.3 Å². The predicted molar refractivity (Wildman–Crippen MR) is 82.5 cm³/mol. The Labute approximate surface area is 124 Å². The lowest BCUT2D eigenvalue weighted by Crippen LogP contribution is -2.26. The first-order valence-corrected chi connectivity index (χ1v) is 7.13. The molecule has 2 aromatic rings. The average Bonchev–Trinajstić information content (AvgIpc) is 2.69. The van der Waals surface area contributed by atoms with E-state index in [4.69, 9.17) is 11.6 Å². The summed E-state index contributed by atoms with van der Waals surface area (Å²) >= 11 is 6.32. The van der Waals surface area contributed by atoms with E-state index in [2.05, 4.69) is 18.4 Å². The van der Waals surface area contributed by atoms with E-state index in [1.54, 1.807) is 13.8 Å². The SMILES string of the molecule is CC(C)n1cc(CC(C)(C)C(=O)O)c2cccc(Cl)c21. The number of carboxylic acids is 1. The van der Waals surface area contributed by atoms with Crippen molar-refractivity contribution >= 4 is 28.5 Å². The van der Waals surface area contributed by atoms with Crippen molar-refractivity contribution in [1.29, 1.82) is 0 Å². The molecule has 0 bridgehead atoms. The maximum atomic E-state index is 11.3. The molecule has 0 fully saturated rings. The van der Waals surface area contributed by atoms with E-state index in [0.717, 1.165) is 16.5 Å². The van der Waals surface area contributed by atoms with Crippen LogP contribution in [0.5, 0.6) is 0 Å². The Morgan fingerprint density at radius 3 is 2.60 bits per heavy atom. The van der Waals surface area contributed by atoms with Gasteiger partial charge in [0.1, 0.15) is 0 Å². The molecule has 0 aliphatic carbocycles. The van der Waals surface area contributed by atoms with Crippen LogP contribution in [0.3, 0.4) is 0 Å². The van der Waals surface area contributed by atoms with Gasteiger partial charge in [-0.05, 0) is 45.7 Å². The second kappa shape index (κ2) is 5.13. The van der Waals surface area contributed by atoms with Gasteiger partial charge in [0.05, 0.1) is 16.0 Å². The minimum atomic E-state index is -0.793. The quantitative estimate of drug-likeness (QED) is 0.900. The van der Waals surface area contributed by atoms with Gasteiger partial charge in [-0.3, -0.25) is 4.79 Å². The van der Waals surface area contributed by atoms with Gasteiger partial charge in [-0.2, -0.15) is 0 Å². The second-order valence-electron chi connectivity index (χ2n) is 6.16. The molecule has 4 heteroatoms. The normalized spacial score (nSPS) is 12.3. The van der Waals surface area contributed by atoms with Crippen molar-refractivity contribution in [2.45, 2.75) is 40.2 Å². The van der Waals surface area contributed by atoms with E-state index >= 15 is 0 Å². The van der Waals surface area contributed by atoms with Gasteiger partial charge in [0.25, 0.3) is 0 Å². The number of fused-ring (bicyclic) bond motifs is 1. The van der Waals surface area contributed by atoms with Crippen LogP contribution in [0.25, 0.3) is 10.9 Å². The third-order valence-electron chi connectivity index (χ3n) is 3.65. The molecule has 1 heterocycles. The molecule has 0 atom stereocenters. The zero-order valence-corrected chi connectivity index (χ0v) is 13.0.